The maximum absolute atomic E-state index is 11.9. The Hall–Kier alpha value is -1.91. The minimum Gasteiger partial charge on any atom is -0.333 e. The van der Waals surface area contributed by atoms with Crippen LogP contribution in [0.5, 0.6) is 0 Å². The van der Waals surface area contributed by atoms with Crippen molar-refractivity contribution < 1.29 is 4.79 Å². The Morgan fingerprint density at radius 1 is 1.30 bits per heavy atom. The van der Waals surface area contributed by atoms with Gasteiger partial charge in [-0.3, -0.25) is 9.69 Å². The third-order valence-electron chi connectivity index (χ3n) is 3.29. The molecule has 0 bridgehead atoms. The molecule has 0 saturated carbocycles. The van der Waals surface area contributed by atoms with Gasteiger partial charge in [0.1, 0.15) is 6.17 Å². The molecule has 1 atom stereocenters. The van der Waals surface area contributed by atoms with Crippen molar-refractivity contribution in [3.05, 3.63) is 54.6 Å². The molecule has 1 heterocycles. The highest BCUT2D eigenvalue weighted by atomic mass is 16.1. The Labute approximate surface area is 120 Å². The molecule has 4 nitrogen and oxygen atoms in total. The minimum atomic E-state index is -0.106. The fourth-order valence-electron chi connectivity index (χ4n) is 2.19. The lowest BCUT2D eigenvalue weighted by Crippen LogP contribution is -2.53. The van der Waals surface area contributed by atoms with Gasteiger partial charge in [0, 0.05) is 32.3 Å². The third kappa shape index (κ3) is 4.33. The molecule has 0 aliphatic carbocycles. The molecule has 0 radical (unpaired) electrons. The number of carbonyl (C=O) groups excluding carboxylic acids is 1. The Bertz CT molecular complexity index is 464. The van der Waals surface area contributed by atoms with Crippen LogP contribution in [0.15, 0.2) is 49.1 Å². The van der Waals surface area contributed by atoms with Crippen LogP contribution >= 0.6 is 0 Å². The molecule has 0 aromatic heterocycles. The molecule has 1 aromatic carbocycles. The van der Waals surface area contributed by atoms with E-state index < -0.39 is 0 Å². The van der Waals surface area contributed by atoms with Crippen molar-refractivity contribution in [2.75, 3.05) is 26.2 Å². The van der Waals surface area contributed by atoms with Gasteiger partial charge in [-0.2, -0.15) is 0 Å². The molecular formula is C16H21N3O. The number of nitrogens with one attached hydrogen (secondary N) is 2. The fourth-order valence-corrected chi connectivity index (χ4v) is 2.19. The van der Waals surface area contributed by atoms with Crippen LogP contribution in [0.25, 0.3) is 6.08 Å². The van der Waals surface area contributed by atoms with Gasteiger partial charge in [-0.05, 0) is 11.6 Å². The standard InChI is InChI=1S/C16H21N3O/c1-2-15(19-12-10-17-11-13-19)18-16(20)9-8-14-6-4-3-5-7-14/h2-9,15,17H,1,10-13H2,(H,18,20). The van der Waals surface area contributed by atoms with Gasteiger partial charge in [0.05, 0.1) is 0 Å². The van der Waals surface area contributed by atoms with E-state index in [1.807, 2.05) is 36.4 Å². The largest absolute Gasteiger partial charge is 0.333 e. The number of benzene rings is 1. The van der Waals surface area contributed by atoms with Gasteiger partial charge in [-0.25, -0.2) is 0 Å². The van der Waals surface area contributed by atoms with Gasteiger partial charge < -0.3 is 10.6 Å². The summed E-state index contributed by atoms with van der Waals surface area (Å²) < 4.78 is 0. The van der Waals surface area contributed by atoms with Crippen molar-refractivity contribution in [3.8, 4) is 0 Å². The summed E-state index contributed by atoms with van der Waals surface area (Å²) in [6, 6.07) is 9.78. The third-order valence-corrected chi connectivity index (χ3v) is 3.29. The number of piperazine rings is 1. The monoisotopic (exact) mass is 271 g/mol. The lowest BCUT2D eigenvalue weighted by molar-refractivity contribution is -0.117. The number of hydrogen-bond donors (Lipinski definition) is 2. The summed E-state index contributed by atoms with van der Waals surface area (Å²) in [5.41, 5.74) is 1.01. The first-order valence-corrected chi connectivity index (χ1v) is 6.90. The Balaban J connectivity index is 1.88. The number of hydrogen-bond acceptors (Lipinski definition) is 3. The van der Waals surface area contributed by atoms with E-state index in [0.717, 1.165) is 31.7 Å². The summed E-state index contributed by atoms with van der Waals surface area (Å²) in [4.78, 5) is 14.1. The molecular weight excluding hydrogens is 250 g/mol. The number of rotatable bonds is 5. The van der Waals surface area contributed by atoms with Crippen molar-refractivity contribution in [2.45, 2.75) is 6.17 Å². The average Bonchev–Trinajstić information content (AvgIpc) is 2.52. The molecule has 0 spiro atoms. The van der Waals surface area contributed by atoms with Gasteiger partial charge in [0.15, 0.2) is 0 Å². The summed E-state index contributed by atoms with van der Waals surface area (Å²) in [7, 11) is 0. The van der Waals surface area contributed by atoms with Crippen LogP contribution in [0, 0.1) is 0 Å². The van der Waals surface area contributed by atoms with Crippen LogP contribution in [0.4, 0.5) is 0 Å². The minimum absolute atomic E-state index is 0.0997. The Morgan fingerprint density at radius 3 is 2.65 bits per heavy atom. The molecule has 20 heavy (non-hydrogen) atoms. The highest BCUT2D eigenvalue weighted by Gasteiger charge is 2.18. The van der Waals surface area contributed by atoms with E-state index in [-0.39, 0.29) is 12.1 Å². The maximum atomic E-state index is 11.9. The van der Waals surface area contributed by atoms with Crippen LogP contribution < -0.4 is 10.6 Å². The van der Waals surface area contributed by atoms with E-state index in [0.29, 0.717) is 0 Å². The second kappa shape index (κ2) is 7.62. The van der Waals surface area contributed by atoms with Gasteiger partial charge in [0.25, 0.3) is 0 Å². The van der Waals surface area contributed by atoms with E-state index >= 15 is 0 Å². The van der Waals surface area contributed by atoms with E-state index in [9.17, 15) is 4.79 Å². The number of nitrogens with zero attached hydrogens (tertiary/aromatic N) is 1. The molecule has 1 saturated heterocycles. The zero-order valence-corrected chi connectivity index (χ0v) is 11.6. The van der Waals surface area contributed by atoms with Gasteiger partial charge in [-0.15, -0.1) is 0 Å². The Morgan fingerprint density at radius 2 is 2.00 bits per heavy atom. The van der Waals surface area contributed by atoms with Crippen molar-refractivity contribution in [2.24, 2.45) is 0 Å². The van der Waals surface area contributed by atoms with Crippen LogP contribution in [0.1, 0.15) is 5.56 Å². The van der Waals surface area contributed by atoms with Crippen LogP contribution in [0.3, 0.4) is 0 Å². The molecule has 2 rings (SSSR count). The van der Waals surface area contributed by atoms with E-state index in [1.165, 1.54) is 0 Å². The van der Waals surface area contributed by atoms with E-state index in [4.69, 9.17) is 0 Å². The van der Waals surface area contributed by atoms with Gasteiger partial charge in [-0.1, -0.05) is 43.0 Å². The lowest BCUT2D eigenvalue weighted by atomic mass is 10.2. The van der Waals surface area contributed by atoms with E-state index in [2.05, 4.69) is 22.1 Å². The second-order valence-electron chi connectivity index (χ2n) is 4.72. The highest BCUT2D eigenvalue weighted by molar-refractivity contribution is 5.91. The normalized spacial score (nSPS) is 17.8. The zero-order chi connectivity index (χ0) is 14.2. The Kier molecular flexibility index (Phi) is 5.53. The summed E-state index contributed by atoms with van der Waals surface area (Å²) in [5.74, 6) is -0.0997. The van der Waals surface area contributed by atoms with Crippen molar-refractivity contribution in [3.63, 3.8) is 0 Å². The van der Waals surface area contributed by atoms with Crippen molar-refractivity contribution >= 4 is 12.0 Å². The SMILES string of the molecule is C=CC(NC(=O)C=Cc1ccccc1)N1CCNCC1. The first kappa shape index (κ1) is 14.5. The summed E-state index contributed by atoms with van der Waals surface area (Å²) in [5, 5.41) is 6.25. The quantitative estimate of drug-likeness (QED) is 0.625. The molecule has 1 aliphatic heterocycles. The van der Waals surface area contributed by atoms with Crippen molar-refractivity contribution in [1.29, 1.82) is 0 Å². The van der Waals surface area contributed by atoms with Crippen LogP contribution in [0.2, 0.25) is 0 Å². The molecule has 2 N–H and O–H groups in total. The van der Waals surface area contributed by atoms with Gasteiger partial charge in [0.2, 0.25) is 5.91 Å². The summed E-state index contributed by atoms with van der Waals surface area (Å²) >= 11 is 0. The lowest BCUT2D eigenvalue weighted by Gasteiger charge is -2.33. The predicted octanol–water partition coefficient (Wildman–Crippen LogP) is 1.23. The molecule has 1 aromatic rings. The molecule has 106 valence electrons. The van der Waals surface area contributed by atoms with Gasteiger partial charge >= 0.3 is 0 Å². The molecule has 1 unspecified atom stereocenters. The predicted molar refractivity (Wildman–Crippen MR) is 82.0 cm³/mol. The summed E-state index contributed by atoms with van der Waals surface area (Å²) in [6.45, 7) is 7.53. The first-order chi connectivity index (χ1) is 9.79. The molecule has 1 fully saturated rings. The van der Waals surface area contributed by atoms with Crippen LogP contribution in [-0.4, -0.2) is 43.2 Å². The summed E-state index contributed by atoms with van der Waals surface area (Å²) in [6.07, 6.45) is 5.05. The average molecular weight is 271 g/mol. The zero-order valence-electron chi connectivity index (χ0n) is 11.6. The molecule has 1 aliphatic rings. The number of amides is 1. The van der Waals surface area contributed by atoms with Crippen LogP contribution in [-0.2, 0) is 4.79 Å². The topological polar surface area (TPSA) is 44.4 Å². The highest BCUT2D eigenvalue weighted by Crippen LogP contribution is 2.02. The molecule has 1 amide bonds. The van der Waals surface area contributed by atoms with Crippen molar-refractivity contribution in [1.82, 2.24) is 15.5 Å². The maximum Gasteiger partial charge on any atom is 0.245 e. The second-order valence-corrected chi connectivity index (χ2v) is 4.72. The molecule has 4 heteroatoms. The van der Waals surface area contributed by atoms with E-state index in [1.54, 1.807) is 12.2 Å². The smallest absolute Gasteiger partial charge is 0.245 e. The number of carbonyl (C=O) groups is 1. The fraction of sp³-hybridized carbons (Fsp3) is 0.312. The first-order valence-electron chi connectivity index (χ1n) is 6.90.